The van der Waals surface area contributed by atoms with Crippen molar-refractivity contribution in [2.45, 2.75) is 25.2 Å². The van der Waals surface area contributed by atoms with Gasteiger partial charge in [-0.05, 0) is 31.4 Å². The number of piperidine rings is 1. The summed E-state index contributed by atoms with van der Waals surface area (Å²) < 4.78 is 10.9. The molecule has 0 atom stereocenters. The molecular formula is C26H35N7O2. The zero-order chi connectivity index (χ0) is 25.0. The number of hydrogen-bond acceptors (Lipinski definition) is 7. The molecule has 4 N–H and O–H groups in total. The lowest BCUT2D eigenvalue weighted by molar-refractivity contribution is 0.223. The molecule has 35 heavy (non-hydrogen) atoms. The molecule has 3 aromatic rings. The van der Waals surface area contributed by atoms with E-state index in [1.807, 2.05) is 32.2 Å². The molecule has 0 saturated carbocycles. The fourth-order valence-corrected chi connectivity index (χ4v) is 4.93. The smallest absolute Gasteiger partial charge is 0.227 e. The Balaban J connectivity index is 1.64. The Morgan fingerprint density at radius 1 is 1.11 bits per heavy atom. The van der Waals surface area contributed by atoms with Crippen LogP contribution < -0.4 is 25.4 Å². The molecule has 1 aliphatic rings. The number of likely N-dealkylation sites (tertiary alicyclic amines) is 1. The van der Waals surface area contributed by atoms with Gasteiger partial charge in [-0.1, -0.05) is 30.3 Å². The predicted molar refractivity (Wildman–Crippen MR) is 141 cm³/mol. The van der Waals surface area contributed by atoms with Gasteiger partial charge in [0.15, 0.2) is 17.5 Å². The van der Waals surface area contributed by atoms with Gasteiger partial charge in [-0.3, -0.25) is 5.41 Å². The second-order valence-corrected chi connectivity index (χ2v) is 9.00. The first-order valence-electron chi connectivity index (χ1n) is 11.9. The lowest BCUT2D eigenvalue weighted by Gasteiger charge is -2.44. The minimum absolute atomic E-state index is 0.0936. The van der Waals surface area contributed by atoms with E-state index in [0.29, 0.717) is 34.7 Å². The molecule has 0 spiro atoms. The van der Waals surface area contributed by atoms with Crippen molar-refractivity contribution in [3.63, 3.8) is 0 Å². The topological polar surface area (TPSA) is 113 Å². The van der Waals surface area contributed by atoms with Gasteiger partial charge in [0, 0.05) is 50.1 Å². The Hall–Kier alpha value is -3.75. The molecular weight excluding hydrogens is 442 g/mol. The molecule has 1 aliphatic heterocycles. The molecule has 0 amide bonds. The summed E-state index contributed by atoms with van der Waals surface area (Å²) in [6.45, 7) is 5.12. The van der Waals surface area contributed by atoms with Gasteiger partial charge in [0.25, 0.3) is 0 Å². The molecule has 0 unspecified atom stereocenters. The van der Waals surface area contributed by atoms with Crippen molar-refractivity contribution in [1.82, 2.24) is 20.2 Å². The number of guanidine groups is 1. The van der Waals surface area contributed by atoms with Gasteiger partial charge in [0.2, 0.25) is 5.95 Å². The average Bonchev–Trinajstić information content (AvgIpc) is 2.88. The monoisotopic (exact) mass is 477 g/mol. The Kier molecular flexibility index (Phi) is 7.14. The highest BCUT2D eigenvalue weighted by Crippen LogP contribution is 2.38. The summed E-state index contributed by atoms with van der Waals surface area (Å²) in [5.74, 6) is 2.66. The van der Waals surface area contributed by atoms with Crippen molar-refractivity contribution in [1.29, 1.82) is 5.41 Å². The summed E-state index contributed by atoms with van der Waals surface area (Å²) in [6, 6.07) is 14.3. The van der Waals surface area contributed by atoms with Crippen molar-refractivity contribution in [3.05, 3.63) is 48.0 Å². The molecule has 0 bridgehead atoms. The fraction of sp³-hybridized carbons (Fsp3) is 0.423. The minimum Gasteiger partial charge on any atom is -0.493 e. The van der Waals surface area contributed by atoms with Crippen LogP contribution in [0.5, 0.6) is 11.5 Å². The van der Waals surface area contributed by atoms with Gasteiger partial charge in [0.1, 0.15) is 5.82 Å². The maximum absolute atomic E-state index is 8.31. The number of anilines is 2. The fourth-order valence-electron chi connectivity index (χ4n) is 4.93. The van der Waals surface area contributed by atoms with E-state index in [1.165, 1.54) is 5.56 Å². The number of ether oxygens (including phenoxy) is 2. The Morgan fingerprint density at radius 2 is 1.77 bits per heavy atom. The summed E-state index contributed by atoms with van der Waals surface area (Å²) in [5, 5.41) is 12.2. The molecule has 2 heterocycles. The quantitative estimate of drug-likeness (QED) is 0.351. The lowest BCUT2D eigenvalue weighted by atomic mass is 9.72. The number of nitrogens with two attached hydrogens (primary N) is 1. The van der Waals surface area contributed by atoms with Crippen molar-refractivity contribution < 1.29 is 9.47 Å². The molecule has 1 saturated heterocycles. The van der Waals surface area contributed by atoms with Crippen LogP contribution in [0.25, 0.3) is 10.9 Å². The van der Waals surface area contributed by atoms with Crippen molar-refractivity contribution >= 4 is 28.6 Å². The summed E-state index contributed by atoms with van der Waals surface area (Å²) in [5.41, 5.74) is 8.26. The van der Waals surface area contributed by atoms with Crippen LogP contribution in [-0.4, -0.2) is 68.3 Å². The molecule has 186 valence electrons. The SMILES string of the molecule is CCNC(=N)N1CCC(CN(C)c2nc(N)c3cc(OC)c(OC)cc3n2)(c2ccccc2)CC1. The van der Waals surface area contributed by atoms with E-state index < -0.39 is 0 Å². The Morgan fingerprint density at radius 3 is 2.40 bits per heavy atom. The van der Waals surface area contributed by atoms with E-state index in [4.69, 9.17) is 25.6 Å². The van der Waals surface area contributed by atoms with Gasteiger partial charge < -0.3 is 30.3 Å². The maximum atomic E-state index is 8.31. The van der Waals surface area contributed by atoms with Crippen LogP contribution in [0.3, 0.4) is 0 Å². The van der Waals surface area contributed by atoms with E-state index in [-0.39, 0.29) is 5.41 Å². The Labute approximate surface area is 206 Å². The third-order valence-corrected chi connectivity index (χ3v) is 6.87. The number of nitrogens with one attached hydrogen (secondary N) is 2. The van der Waals surface area contributed by atoms with Gasteiger partial charge >= 0.3 is 0 Å². The number of likely N-dealkylation sites (N-methyl/N-ethyl adjacent to an activating group) is 1. The molecule has 9 nitrogen and oxygen atoms in total. The number of benzene rings is 2. The average molecular weight is 478 g/mol. The van der Waals surface area contributed by atoms with Gasteiger partial charge in [-0.15, -0.1) is 0 Å². The molecule has 4 rings (SSSR count). The second-order valence-electron chi connectivity index (χ2n) is 9.00. The number of methoxy groups -OCH3 is 2. The zero-order valence-corrected chi connectivity index (χ0v) is 21.0. The van der Waals surface area contributed by atoms with Crippen LogP contribution in [0, 0.1) is 5.41 Å². The summed E-state index contributed by atoms with van der Waals surface area (Å²) in [6.07, 6.45) is 1.84. The van der Waals surface area contributed by atoms with E-state index >= 15 is 0 Å². The van der Waals surface area contributed by atoms with Crippen LogP contribution >= 0.6 is 0 Å². The molecule has 0 aliphatic carbocycles. The van der Waals surface area contributed by atoms with Gasteiger partial charge in [-0.25, -0.2) is 4.98 Å². The largest absolute Gasteiger partial charge is 0.493 e. The Bertz CT molecular complexity index is 1180. The summed E-state index contributed by atoms with van der Waals surface area (Å²) in [4.78, 5) is 13.7. The van der Waals surface area contributed by atoms with Crippen molar-refractivity contribution in [2.24, 2.45) is 0 Å². The van der Waals surface area contributed by atoms with Crippen molar-refractivity contribution in [3.8, 4) is 11.5 Å². The molecule has 0 radical (unpaired) electrons. The van der Waals surface area contributed by atoms with Crippen LogP contribution in [-0.2, 0) is 5.41 Å². The first-order valence-corrected chi connectivity index (χ1v) is 11.9. The second kappa shape index (κ2) is 10.2. The molecule has 9 heteroatoms. The number of aromatic nitrogens is 2. The highest BCUT2D eigenvalue weighted by molar-refractivity contribution is 5.91. The number of nitrogens with zero attached hydrogens (tertiary/aromatic N) is 4. The molecule has 2 aromatic carbocycles. The number of hydrogen-bond donors (Lipinski definition) is 3. The maximum Gasteiger partial charge on any atom is 0.227 e. The van der Waals surface area contributed by atoms with Crippen LogP contribution in [0.4, 0.5) is 11.8 Å². The van der Waals surface area contributed by atoms with Crippen LogP contribution in [0.1, 0.15) is 25.3 Å². The van der Waals surface area contributed by atoms with Crippen LogP contribution in [0.15, 0.2) is 42.5 Å². The first-order chi connectivity index (χ1) is 16.9. The lowest BCUT2D eigenvalue weighted by Crippen LogP contribution is -2.52. The van der Waals surface area contributed by atoms with E-state index in [0.717, 1.165) is 44.4 Å². The third kappa shape index (κ3) is 4.89. The van der Waals surface area contributed by atoms with Crippen molar-refractivity contribution in [2.75, 3.05) is 58.1 Å². The van der Waals surface area contributed by atoms with E-state index in [1.54, 1.807) is 14.2 Å². The normalized spacial score (nSPS) is 15.0. The number of fused-ring (bicyclic) bond motifs is 1. The van der Waals surface area contributed by atoms with Gasteiger partial charge in [0.05, 0.1) is 19.7 Å². The highest BCUT2D eigenvalue weighted by atomic mass is 16.5. The third-order valence-electron chi connectivity index (χ3n) is 6.87. The van der Waals surface area contributed by atoms with Crippen LogP contribution in [0.2, 0.25) is 0 Å². The number of rotatable bonds is 7. The summed E-state index contributed by atoms with van der Waals surface area (Å²) >= 11 is 0. The molecule has 1 aromatic heterocycles. The minimum atomic E-state index is -0.0936. The van der Waals surface area contributed by atoms with E-state index in [9.17, 15) is 0 Å². The zero-order valence-electron chi connectivity index (χ0n) is 21.0. The number of nitrogen functional groups attached to an aromatic ring is 1. The van der Waals surface area contributed by atoms with E-state index in [2.05, 4.69) is 44.4 Å². The van der Waals surface area contributed by atoms with Gasteiger partial charge in [-0.2, -0.15) is 4.98 Å². The summed E-state index contributed by atoms with van der Waals surface area (Å²) in [7, 11) is 5.21. The first kappa shape index (κ1) is 24.4. The predicted octanol–water partition coefficient (Wildman–Crippen LogP) is 3.24. The standard InChI is InChI=1S/C26H35N7O2/c1-5-29-24(28)33-13-11-26(12-14-33,18-9-7-6-8-10-18)17-32(2)25-30-20-16-22(35-4)21(34-3)15-19(20)23(27)31-25/h6-10,15-16H,5,11-14,17H2,1-4H3,(H2,28,29)(H2,27,30,31). The highest BCUT2D eigenvalue weighted by Gasteiger charge is 2.38. The molecule has 1 fully saturated rings.